The second-order valence-corrected chi connectivity index (χ2v) is 6.35. The van der Waals surface area contributed by atoms with Crippen molar-refractivity contribution in [2.24, 2.45) is 0 Å². The fraction of sp³-hybridized carbons (Fsp3) is 0.400. The third kappa shape index (κ3) is 4.16. The summed E-state index contributed by atoms with van der Waals surface area (Å²) in [7, 11) is -4.27. The van der Waals surface area contributed by atoms with Crippen molar-refractivity contribution in [2.75, 3.05) is 19.7 Å². The molecule has 0 radical (unpaired) electrons. The number of aliphatic hydroxyl groups is 1. The highest BCUT2D eigenvalue weighted by atomic mass is 79.9. The van der Waals surface area contributed by atoms with Gasteiger partial charge in [-0.2, -0.15) is 4.31 Å². The summed E-state index contributed by atoms with van der Waals surface area (Å²) in [6.45, 7) is -2.14. The molecule has 9 heteroatoms. The molecule has 0 saturated heterocycles. The van der Waals surface area contributed by atoms with Gasteiger partial charge in [-0.1, -0.05) is 0 Å². The van der Waals surface area contributed by atoms with E-state index in [9.17, 15) is 21.6 Å². The molecule has 4 nitrogen and oxygen atoms in total. The first-order chi connectivity index (χ1) is 8.78. The predicted molar refractivity (Wildman–Crippen MR) is 65.9 cm³/mol. The van der Waals surface area contributed by atoms with Crippen LogP contribution in [0.1, 0.15) is 0 Å². The number of alkyl halides is 2. The van der Waals surface area contributed by atoms with Gasteiger partial charge < -0.3 is 5.11 Å². The first-order valence-electron chi connectivity index (χ1n) is 5.13. The van der Waals surface area contributed by atoms with E-state index in [2.05, 4.69) is 15.9 Å². The smallest absolute Gasteiger partial charge is 0.252 e. The van der Waals surface area contributed by atoms with Crippen molar-refractivity contribution < 1.29 is 26.7 Å². The van der Waals surface area contributed by atoms with Crippen LogP contribution >= 0.6 is 15.9 Å². The molecule has 0 fully saturated rings. The number of sulfonamides is 1. The molecule has 19 heavy (non-hydrogen) atoms. The molecule has 0 aliphatic heterocycles. The van der Waals surface area contributed by atoms with Crippen LogP contribution in [0.15, 0.2) is 27.6 Å². The second kappa shape index (κ2) is 6.69. The molecule has 1 aromatic rings. The first-order valence-corrected chi connectivity index (χ1v) is 7.36. The minimum atomic E-state index is -4.27. The third-order valence-corrected chi connectivity index (χ3v) is 4.72. The molecule has 0 bridgehead atoms. The molecule has 0 unspecified atom stereocenters. The Morgan fingerprint density at radius 3 is 2.47 bits per heavy atom. The normalized spacial score (nSPS) is 12.4. The van der Waals surface area contributed by atoms with E-state index in [1.165, 1.54) is 6.07 Å². The van der Waals surface area contributed by atoms with Crippen LogP contribution in [0, 0.1) is 5.82 Å². The van der Waals surface area contributed by atoms with Crippen LogP contribution in [-0.4, -0.2) is 44.0 Å². The summed E-state index contributed by atoms with van der Waals surface area (Å²) in [5.41, 5.74) is 0. The van der Waals surface area contributed by atoms with E-state index in [1.807, 2.05) is 0 Å². The number of aliphatic hydroxyl groups excluding tert-OH is 1. The van der Waals surface area contributed by atoms with Gasteiger partial charge in [-0.25, -0.2) is 21.6 Å². The lowest BCUT2D eigenvalue weighted by molar-refractivity contribution is 0.113. The molecule has 1 aromatic carbocycles. The Morgan fingerprint density at radius 2 is 2.00 bits per heavy atom. The Labute approximate surface area is 117 Å². The largest absolute Gasteiger partial charge is 0.395 e. The first kappa shape index (κ1) is 16.4. The molecule has 0 saturated carbocycles. The van der Waals surface area contributed by atoms with Crippen LogP contribution in [0.3, 0.4) is 0 Å². The van der Waals surface area contributed by atoms with Crippen LogP contribution < -0.4 is 0 Å². The Balaban J connectivity index is 3.14. The van der Waals surface area contributed by atoms with E-state index < -0.39 is 46.9 Å². The van der Waals surface area contributed by atoms with Gasteiger partial charge in [0.1, 0.15) is 5.82 Å². The van der Waals surface area contributed by atoms with Gasteiger partial charge in [0.2, 0.25) is 10.0 Å². The van der Waals surface area contributed by atoms with E-state index in [-0.39, 0.29) is 4.47 Å². The van der Waals surface area contributed by atoms with Crippen molar-refractivity contribution in [3.63, 3.8) is 0 Å². The number of halogens is 4. The average Bonchev–Trinajstić information content (AvgIpc) is 2.31. The Morgan fingerprint density at radius 1 is 1.37 bits per heavy atom. The van der Waals surface area contributed by atoms with E-state index in [0.717, 1.165) is 12.1 Å². The number of hydrogen-bond acceptors (Lipinski definition) is 3. The highest BCUT2D eigenvalue weighted by molar-refractivity contribution is 9.10. The summed E-state index contributed by atoms with van der Waals surface area (Å²) in [5.74, 6) is -0.818. The summed E-state index contributed by atoms with van der Waals surface area (Å²) in [4.78, 5) is -0.442. The zero-order valence-corrected chi connectivity index (χ0v) is 12.0. The van der Waals surface area contributed by atoms with Crippen LogP contribution in [0.25, 0.3) is 0 Å². The standard InChI is InChI=1S/C10H11BrF3NO3S/c11-8-2-1-7(5-9(8)12)19(17,18)15(3-4-16)6-10(13)14/h1-2,5,10,16H,3-4,6H2. The zero-order valence-electron chi connectivity index (χ0n) is 9.56. The fourth-order valence-corrected chi connectivity index (χ4v) is 3.03. The van der Waals surface area contributed by atoms with Crippen molar-refractivity contribution in [1.82, 2.24) is 4.31 Å². The number of rotatable bonds is 6. The van der Waals surface area contributed by atoms with E-state index in [4.69, 9.17) is 5.11 Å². The van der Waals surface area contributed by atoms with Crippen molar-refractivity contribution in [3.8, 4) is 0 Å². The van der Waals surface area contributed by atoms with Gasteiger partial charge in [0.05, 0.1) is 22.5 Å². The monoisotopic (exact) mass is 361 g/mol. The maximum absolute atomic E-state index is 13.3. The van der Waals surface area contributed by atoms with Gasteiger partial charge in [0, 0.05) is 6.54 Å². The lowest BCUT2D eigenvalue weighted by atomic mass is 10.3. The molecular formula is C10H11BrF3NO3S. The summed E-state index contributed by atoms with van der Waals surface area (Å²) in [6.07, 6.45) is -2.89. The van der Waals surface area contributed by atoms with Gasteiger partial charge in [-0.15, -0.1) is 0 Å². The molecular weight excluding hydrogens is 351 g/mol. The van der Waals surface area contributed by atoms with Crippen LogP contribution in [0.4, 0.5) is 13.2 Å². The van der Waals surface area contributed by atoms with E-state index >= 15 is 0 Å². The molecule has 0 aliphatic rings. The lowest BCUT2D eigenvalue weighted by Gasteiger charge is -2.20. The van der Waals surface area contributed by atoms with Crippen molar-refractivity contribution in [1.29, 1.82) is 0 Å². The minimum Gasteiger partial charge on any atom is -0.395 e. The summed E-state index contributed by atoms with van der Waals surface area (Å²) in [5, 5.41) is 8.73. The predicted octanol–water partition coefficient (Wildman–Crippen LogP) is 1.84. The molecule has 0 amide bonds. The second-order valence-electron chi connectivity index (χ2n) is 3.55. The molecule has 0 atom stereocenters. The van der Waals surface area contributed by atoms with Crippen molar-refractivity contribution >= 4 is 26.0 Å². The van der Waals surface area contributed by atoms with Gasteiger partial charge in [0.15, 0.2) is 0 Å². The molecule has 108 valence electrons. The average molecular weight is 362 g/mol. The van der Waals surface area contributed by atoms with Crippen LogP contribution in [-0.2, 0) is 10.0 Å². The molecule has 1 N–H and O–H groups in total. The summed E-state index contributed by atoms with van der Waals surface area (Å²) >= 11 is 2.86. The molecule has 0 aliphatic carbocycles. The van der Waals surface area contributed by atoms with E-state index in [0.29, 0.717) is 4.31 Å². The van der Waals surface area contributed by atoms with Gasteiger partial charge >= 0.3 is 0 Å². The lowest BCUT2D eigenvalue weighted by Crippen LogP contribution is -2.37. The van der Waals surface area contributed by atoms with Crippen molar-refractivity contribution in [3.05, 3.63) is 28.5 Å². The molecule has 0 aromatic heterocycles. The Kier molecular flexibility index (Phi) is 5.78. The number of nitrogens with zero attached hydrogens (tertiary/aromatic N) is 1. The van der Waals surface area contributed by atoms with Gasteiger partial charge in [-0.05, 0) is 34.1 Å². The topological polar surface area (TPSA) is 57.6 Å². The van der Waals surface area contributed by atoms with Gasteiger partial charge in [0.25, 0.3) is 6.43 Å². The Hall–Kier alpha value is -0.640. The maximum Gasteiger partial charge on any atom is 0.252 e. The minimum absolute atomic E-state index is 0.0639. The Bertz CT molecular complexity index is 539. The molecule has 0 spiro atoms. The maximum atomic E-state index is 13.3. The van der Waals surface area contributed by atoms with Crippen molar-refractivity contribution in [2.45, 2.75) is 11.3 Å². The summed E-state index contributed by atoms with van der Waals surface area (Å²) < 4.78 is 62.5. The molecule has 1 rings (SSSR count). The van der Waals surface area contributed by atoms with Crippen LogP contribution in [0.5, 0.6) is 0 Å². The SMILES string of the molecule is O=S(=O)(c1ccc(Br)c(F)c1)N(CCO)CC(F)F. The third-order valence-electron chi connectivity index (χ3n) is 2.22. The highest BCUT2D eigenvalue weighted by Crippen LogP contribution is 2.22. The van der Waals surface area contributed by atoms with E-state index in [1.54, 1.807) is 0 Å². The highest BCUT2D eigenvalue weighted by Gasteiger charge is 2.27. The van der Waals surface area contributed by atoms with Crippen LogP contribution in [0.2, 0.25) is 0 Å². The van der Waals surface area contributed by atoms with Gasteiger partial charge in [-0.3, -0.25) is 0 Å². The number of hydrogen-bond donors (Lipinski definition) is 1. The zero-order chi connectivity index (χ0) is 14.6. The summed E-state index contributed by atoms with van der Waals surface area (Å²) in [6, 6.07) is 3.00. The quantitative estimate of drug-likeness (QED) is 0.840. The fourth-order valence-electron chi connectivity index (χ4n) is 1.36. The number of benzene rings is 1. The molecule has 0 heterocycles.